The van der Waals surface area contributed by atoms with Crippen LogP contribution in [0.2, 0.25) is 0 Å². The van der Waals surface area contributed by atoms with Crippen molar-refractivity contribution in [3.63, 3.8) is 0 Å². The number of fused-ring (bicyclic) bond motifs is 1. The minimum atomic E-state index is -0.742. The summed E-state index contributed by atoms with van der Waals surface area (Å²) in [7, 11) is 0. The standard InChI is InChI=1S/C15H21N3O3S/c1-9(2)6-12-16-7-10(22-12)8-18-14(20)13-11(19)4-3-5-17(13)15(18)21/h7,9,11,13,19H,3-6,8H2,1-2H3/t11-,13-/m1/s1. The lowest BCUT2D eigenvalue weighted by Crippen LogP contribution is -2.48. The predicted octanol–water partition coefficient (Wildman–Crippen LogP) is 1.63. The second-order valence-corrected chi connectivity index (χ2v) is 7.57. The highest BCUT2D eigenvalue weighted by atomic mass is 32.1. The summed E-state index contributed by atoms with van der Waals surface area (Å²) in [6.07, 6.45) is 3.22. The fraction of sp³-hybridized carbons (Fsp3) is 0.667. The second-order valence-electron chi connectivity index (χ2n) is 6.37. The van der Waals surface area contributed by atoms with Crippen molar-refractivity contribution in [1.82, 2.24) is 14.8 Å². The Morgan fingerprint density at radius 2 is 2.23 bits per heavy atom. The number of urea groups is 1. The van der Waals surface area contributed by atoms with E-state index in [0.717, 1.165) is 22.7 Å². The van der Waals surface area contributed by atoms with Crippen molar-refractivity contribution in [2.24, 2.45) is 5.92 Å². The van der Waals surface area contributed by atoms with E-state index >= 15 is 0 Å². The summed E-state index contributed by atoms with van der Waals surface area (Å²) in [5.74, 6) is 0.245. The lowest BCUT2D eigenvalue weighted by Gasteiger charge is -2.30. The highest BCUT2D eigenvalue weighted by Crippen LogP contribution is 2.29. The smallest absolute Gasteiger partial charge is 0.327 e. The minimum Gasteiger partial charge on any atom is -0.390 e. The zero-order valence-electron chi connectivity index (χ0n) is 12.9. The van der Waals surface area contributed by atoms with Crippen LogP contribution < -0.4 is 0 Å². The average Bonchev–Trinajstić information content (AvgIpc) is 2.98. The van der Waals surface area contributed by atoms with Crippen molar-refractivity contribution >= 4 is 23.3 Å². The Bertz CT molecular complexity index is 586. The molecule has 1 aromatic heterocycles. The summed E-state index contributed by atoms with van der Waals surface area (Å²) in [6.45, 7) is 5.07. The van der Waals surface area contributed by atoms with Gasteiger partial charge in [0.15, 0.2) is 0 Å². The molecular weight excluding hydrogens is 302 g/mol. The normalized spacial score (nSPS) is 25.3. The zero-order chi connectivity index (χ0) is 15.9. The van der Waals surface area contributed by atoms with Gasteiger partial charge in [-0.1, -0.05) is 13.8 Å². The van der Waals surface area contributed by atoms with Gasteiger partial charge in [0, 0.05) is 24.0 Å². The average molecular weight is 323 g/mol. The number of aliphatic hydroxyl groups is 1. The summed E-state index contributed by atoms with van der Waals surface area (Å²) < 4.78 is 0. The monoisotopic (exact) mass is 323 g/mol. The quantitative estimate of drug-likeness (QED) is 0.855. The second kappa shape index (κ2) is 5.96. The molecule has 7 heteroatoms. The molecule has 0 saturated carbocycles. The van der Waals surface area contributed by atoms with Crippen LogP contribution in [0.4, 0.5) is 4.79 Å². The van der Waals surface area contributed by atoms with Gasteiger partial charge in [0.2, 0.25) is 0 Å². The topological polar surface area (TPSA) is 73.7 Å². The SMILES string of the molecule is CC(C)Cc1ncc(CN2C(=O)[C@H]3[C@H](O)CCCN3C2=O)s1. The molecule has 2 aliphatic rings. The third kappa shape index (κ3) is 2.75. The lowest BCUT2D eigenvalue weighted by molar-refractivity contribution is -0.132. The van der Waals surface area contributed by atoms with Crippen molar-refractivity contribution < 1.29 is 14.7 Å². The van der Waals surface area contributed by atoms with Gasteiger partial charge in [0.05, 0.1) is 17.7 Å². The van der Waals surface area contributed by atoms with Gasteiger partial charge in [0.25, 0.3) is 5.91 Å². The van der Waals surface area contributed by atoms with Crippen LogP contribution in [0, 0.1) is 5.92 Å². The Morgan fingerprint density at radius 1 is 1.45 bits per heavy atom. The van der Waals surface area contributed by atoms with Crippen LogP contribution in [0.5, 0.6) is 0 Å². The van der Waals surface area contributed by atoms with E-state index in [2.05, 4.69) is 18.8 Å². The molecular formula is C15H21N3O3S. The van der Waals surface area contributed by atoms with Gasteiger partial charge in [-0.15, -0.1) is 11.3 Å². The Hall–Kier alpha value is -1.47. The highest BCUT2D eigenvalue weighted by molar-refractivity contribution is 7.11. The van der Waals surface area contributed by atoms with Gasteiger partial charge in [-0.3, -0.25) is 9.69 Å². The summed E-state index contributed by atoms with van der Waals surface area (Å²) >= 11 is 1.55. The first kappa shape index (κ1) is 15.4. The number of aliphatic hydroxyl groups excluding tert-OH is 1. The number of nitrogens with zero attached hydrogens (tertiary/aromatic N) is 3. The molecule has 3 heterocycles. The molecule has 120 valence electrons. The van der Waals surface area contributed by atoms with Gasteiger partial charge in [-0.25, -0.2) is 9.78 Å². The summed E-state index contributed by atoms with van der Waals surface area (Å²) in [6, 6.07) is -0.975. The maximum absolute atomic E-state index is 12.4. The van der Waals surface area contributed by atoms with Crippen LogP contribution in [0.15, 0.2) is 6.20 Å². The number of hydrogen-bond acceptors (Lipinski definition) is 5. The first-order chi connectivity index (χ1) is 10.5. The van der Waals surface area contributed by atoms with E-state index in [1.165, 1.54) is 9.80 Å². The predicted molar refractivity (Wildman–Crippen MR) is 82.3 cm³/mol. The molecule has 2 aliphatic heterocycles. The van der Waals surface area contributed by atoms with Gasteiger partial charge in [0.1, 0.15) is 6.04 Å². The molecule has 0 aromatic carbocycles. The number of piperidine rings is 1. The van der Waals surface area contributed by atoms with Gasteiger partial charge in [-0.05, 0) is 18.8 Å². The molecule has 22 heavy (non-hydrogen) atoms. The van der Waals surface area contributed by atoms with E-state index in [-0.39, 0.29) is 18.5 Å². The van der Waals surface area contributed by atoms with Crippen molar-refractivity contribution in [3.05, 3.63) is 16.1 Å². The Morgan fingerprint density at radius 3 is 2.91 bits per heavy atom. The number of carbonyl (C=O) groups excluding carboxylic acids is 2. The van der Waals surface area contributed by atoms with Crippen LogP contribution in [0.3, 0.4) is 0 Å². The third-order valence-corrected chi connectivity index (χ3v) is 5.10. The fourth-order valence-electron chi connectivity index (χ4n) is 3.06. The van der Waals surface area contributed by atoms with E-state index in [1.807, 2.05) is 0 Å². The number of thiazole rings is 1. The largest absolute Gasteiger partial charge is 0.390 e. The van der Waals surface area contributed by atoms with Gasteiger partial charge >= 0.3 is 6.03 Å². The maximum atomic E-state index is 12.4. The number of carbonyl (C=O) groups is 2. The van der Waals surface area contributed by atoms with Crippen LogP contribution in [0.25, 0.3) is 0 Å². The molecule has 6 nitrogen and oxygen atoms in total. The molecule has 0 radical (unpaired) electrons. The Kier molecular flexibility index (Phi) is 4.18. The molecule has 2 atom stereocenters. The number of rotatable bonds is 4. The fourth-order valence-corrected chi connectivity index (χ4v) is 4.19. The van der Waals surface area contributed by atoms with Crippen molar-refractivity contribution in [2.45, 2.75) is 51.8 Å². The lowest BCUT2D eigenvalue weighted by atomic mass is 10.0. The van der Waals surface area contributed by atoms with Crippen LogP contribution in [0.1, 0.15) is 36.6 Å². The molecule has 1 aromatic rings. The summed E-state index contributed by atoms with van der Waals surface area (Å²) in [4.78, 5) is 32.9. The summed E-state index contributed by atoms with van der Waals surface area (Å²) in [5, 5.41) is 11.0. The molecule has 1 N–H and O–H groups in total. The number of amides is 3. The first-order valence-electron chi connectivity index (χ1n) is 7.71. The van der Waals surface area contributed by atoms with E-state index in [4.69, 9.17) is 0 Å². The van der Waals surface area contributed by atoms with Crippen molar-refractivity contribution in [3.8, 4) is 0 Å². The maximum Gasteiger partial charge on any atom is 0.327 e. The summed E-state index contributed by atoms with van der Waals surface area (Å²) in [5.41, 5.74) is 0. The molecule has 0 bridgehead atoms. The van der Waals surface area contributed by atoms with Crippen molar-refractivity contribution in [2.75, 3.05) is 6.54 Å². The number of hydrogen-bond donors (Lipinski definition) is 1. The van der Waals surface area contributed by atoms with E-state index < -0.39 is 12.1 Å². The van der Waals surface area contributed by atoms with Crippen LogP contribution in [-0.2, 0) is 17.8 Å². The number of aromatic nitrogens is 1. The van der Waals surface area contributed by atoms with Gasteiger partial charge < -0.3 is 10.0 Å². The molecule has 0 unspecified atom stereocenters. The molecule has 3 amide bonds. The Balaban J connectivity index is 1.73. The molecule has 0 spiro atoms. The Labute approximate surface area is 133 Å². The minimum absolute atomic E-state index is 0.257. The molecule has 3 rings (SSSR count). The molecule has 2 saturated heterocycles. The third-order valence-electron chi connectivity index (χ3n) is 4.09. The molecule has 0 aliphatic carbocycles. The number of imide groups is 1. The van der Waals surface area contributed by atoms with Crippen molar-refractivity contribution in [1.29, 1.82) is 0 Å². The van der Waals surface area contributed by atoms with Gasteiger partial charge in [-0.2, -0.15) is 0 Å². The van der Waals surface area contributed by atoms with E-state index in [1.54, 1.807) is 17.5 Å². The van der Waals surface area contributed by atoms with E-state index in [9.17, 15) is 14.7 Å². The zero-order valence-corrected chi connectivity index (χ0v) is 13.7. The molecule has 2 fully saturated rings. The van der Waals surface area contributed by atoms with Crippen LogP contribution in [-0.4, -0.2) is 50.5 Å². The first-order valence-corrected chi connectivity index (χ1v) is 8.52. The van der Waals surface area contributed by atoms with Crippen LogP contribution >= 0.6 is 11.3 Å². The van der Waals surface area contributed by atoms with E-state index in [0.29, 0.717) is 18.9 Å². The highest BCUT2D eigenvalue weighted by Gasteiger charge is 2.49.